The lowest BCUT2D eigenvalue weighted by Gasteiger charge is -2.38. The van der Waals surface area contributed by atoms with Crippen molar-refractivity contribution in [2.75, 3.05) is 32.7 Å². The normalized spacial score (nSPS) is 27.3. The van der Waals surface area contributed by atoms with Crippen molar-refractivity contribution in [3.8, 4) is 6.07 Å². The number of hydrogen-bond acceptors (Lipinski definition) is 4. The maximum atomic E-state index is 12.2. The van der Waals surface area contributed by atoms with Crippen LogP contribution in [0, 0.1) is 17.2 Å². The molecule has 0 bridgehead atoms. The minimum absolute atomic E-state index is 0.00488. The van der Waals surface area contributed by atoms with Gasteiger partial charge in [0.05, 0.1) is 12.6 Å². The minimum Gasteiger partial charge on any atom is -0.337 e. The topological polar surface area (TPSA) is 59.4 Å². The molecule has 0 aromatic heterocycles. The van der Waals surface area contributed by atoms with Gasteiger partial charge >= 0.3 is 0 Å². The molecule has 1 aliphatic heterocycles. The number of hydrogen-bond donors (Lipinski definition) is 1. The van der Waals surface area contributed by atoms with Crippen molar-refractivity contribution in [3.63, 3.8) is 0 Å². The molecule has 3 aliphatic rings. The molecule has 1 atom stereocenters. The van der Waals surface area contributed by atoms with Crippen LogP contribution in [-0.4, -0.2) is 60.0 Å². The highest BCUT2D eigenvalue weighted by Gasteiger charge is 2.43. The number of nitrogens with zero attached hydrogens (tertiary/aromatic N) is 3. The van der Waals surface area contributed by atoms with Gasteiger partial charge < -0.3 is 5.32 Å². The summed E-state index contributed by atoms with van der Waals surface area (Å²) in [6.07, 6.45) is 7.57. The van der Waals surface area contributed by atoms with E-state index in [0.29, 0.717) is 12.5 Å². The van der Waals surface area contributed by atoms with E-state index in [1.54, 1.807) is 0 Å². The van der Waals surface area contributed by atoms with Crippen LogP contribution in [0.2, 0.25) is 0 Å². The summed E-state index contributed by atoms with van der Waals surface area (Å²) in [4.78, 5) is 17.1. The highest BCUT2D eigenvalue weighted by Crippen LogP contribution is 2.39. The van der Waals surface area contributed by atoms with Crippen molar-refractivity contribution in [1.82, 2.24) is 15.1 Å². The highest BCUT2D eigenvalue weighted by molar-refractivity contribution is 5.79. The van der Waals surface area contributed by atoms with Gasteiger partial charge in [0.1, 0.15) is 5.54 Å². The fourth-order valence-electron chi connectivity index (χ4n) is 3.97. The molecular weight excluding hydrogens is 276 g/mol. The van der Waals surface area contributed by atoms with Gasteiger partial charge in [-0.25, -0.2) is 0 Å². The summed E-state index contributed by atoms with van der Waals surface area (Å²) >= 11 is 0. The van der Waals surface area contributed by atoms with Gasteiger partial charge in [0, 0.05) is 32.2 Å². The first-order valence-corrected chi connectivity index (χ1v) is 8.79. The van der Waals surface area contributed by atoms with E-state index in [-0.39, 0.29) is 5.91 Å². The van der Waals surface area contributed by atoms with Crippen molar-refractivity contribution >= 4 is 5.91 Å². The van der Waals surface area contributed by atoms with E-state index in [4.69, 9.17) is 0 Å². The summed E-state index contributed by atoms with van der Waals surface area (Å²) in [7, 11) is 0. The van der Waals surface area contributed by atoms with Crippen LogP contribution < -0.4 is 5.32 Å². The first-order chi connectivity index (χ1) is 10.6. The highest BCUT2D eigenvalue weighted by atomic mass is 16.2. The Morgan fingerprint density at radius 3 is 2.36 bits per heavy atom. The summed E-state index contributed by atoms with van der Waals surface area (Å²) in [5.41, 5.74) is -0.664. The first kappa shape index (κ1) is 15.8. The molecule has 122 valence electrons. The average Bonchev–Trinajstić information content (AvgIpc) is 3.24. The van der Waals surface area contributed by atoms with Gasteiger partial charge in [-0.2, -0.15) is 5.26 Å². The molecule has 0 aromatic rings. The predicted octanol–water partition coefficient (Wildman–Crippen LogP) is 1.36. The second-order valence-electron chi connectivity index (χ2n) is 7.39. The minimum atomic E-state index is -0.664. The molecule has 0 radical (unpaired) electrons. The zero-order valence-corrected chi connectivity index (χ0v) is 13.7. The van der Waals surface area contributed by atoms with E-state index in [0.717, 1.165) is 45.1 Å². The smallest absolute Gasteiger partial charge is 0.235 e. The number of amides is 1. The fraction of sp³-hybridized carbons (Fsp3) is 0.882. The monoisotopic (exact) mass is 304 g/mol. The maximum absolute atomic E-state index is 12.2. The average molecular weight is 304 g/mol. The number of carbonyl (C=O) groups excluding carboxylic acids is 1. The van der Waals surface area contributed by atoms with E-state index in [2.05, 4.69) is 21.2 Å². The van der Waals surface area contributed by atoms with Gasteiger partial charge in [0.25, 0.3) is 0 Å². The Morgan fingerprint density at radius 1 is 1.18 bits per heavy atom. The van der Waals surface area contributed by atoms with Crippen molar-refractivity contribution in [2.45, 2.75) is 57.0 Å². The number of rotatable bonds is 5. The second-order valence-corrected chi connectivity index (χ2v) is 7.39. The molecule has 0 aromatic carbocycles. The lowest BCUT2D eigenvalue weighted by molar-refractivity contribution is -0.124. The van der Waals surface area contributed by atoms with Crippen LogP contribution in [0.3, 0.4) is 0 Å². The van der Waals surface area contributed by atoms with Crippen molar-refractivity contribution in [3.05, 3.63) is 0 Å². The van der Waals surface area contributed by atoms with Crippen molar-refractivity contribution < 1.29 is 4.79 Å². The molecule has 3 rings (SSSR count). The molecule has 3 fully saturated rings. The molecule has 1 amide bonds. The van der Waals surface area contributed by atoms with Crippen molar-refractivity contribution in [2.24, 2.45) is 5.92 Å². The standard InChI is InChI=1S/C17H28N4O/c1-17(13-18,14-6-7-14)19-16(22)12-20-8-10-21(11-9-20)15-4-2-3-5-15/h14-15H,2-12H2,1H3,(H,19,22). The molecule has 22 heavy (non-hydrogen) atoms. The Balaban J connectivity index is 1.42. The van der Waals surface area contributed by atoms with Gasteiger partial charge in [-0.1, -0.05) is 12.8 Å². The Bertz CT molecular complexity index is 442. The fourth-order valence-corrected chi connectivity index (χ4v) is 3.97. The quantitative estimate of drug-likeness (QED) is 0.833. The van der Waals surface area contributed by atoms with Gasteiger partial charge in [-0.05, 0) is 38.5 Å². The molecule has 1 unspecified atom stereocenters. The maximum Gasteiger partial charge on any atom is 0.235 e. The van der Waals surface area contributed by atoms with Gasteiger partial charge in [-0.3, -0.25) is 14.6 Å². The number of carbonyl (C=O) groups is 1. The molecule has 2 saturated carbocycles. The van der Waals surface area contributed by atoms with Crippen LogP contribution in [0.4, 0.5) is 0 Å². The summed E-state index contributed by atoms with van der Waals surface area (Å²) in [5, 5.41) is 12.3. The molecule has 2 aliphatic carbocycles. The third kappa shape index (κ3) is 3.61. The molecule has 5 nitrogen and oxygen atoms in total. The van der Waals surface area contributed by atoms with Crippen LogP contribution in [0.25, 0.3) is 0 Å². The van der Waals surface area contributed by atoms with Crippen LogP contribution in [0.5, 0.6) is 0 Å². The zero-order valence-electron chi connectivity index (χ0n) is 13.7. The van der Waals surface area contributed by atoms with Crippen LogP contribution in [-0.2, 0) is 4.79 Å². The third-order valence-corrected chi connectivity index (χ3v) is 5.64. The van der Waals surface area contributed by atoms with Crippen molar-refractivity contribution in [1.29, 1.82) is 5.26 Å². The van der Waals surface area contributed by atoms with Crippen LogP contribution >= 0.6 is 0 Å². The Kier molecular flexibility index (Phi) is 4.70. The number of nitrogens with one attached hydrogen (secondary N) is 1. The summed E-state index contributed by atoms with van der Waals surface area (Å²) < 4.78 is 0. The largest absolute Gasteiger partial charge is 0.337 e. The lowest BCUT2D eigenvalue weighted by Crippen LogP contribution is -2.54. The molecule has 0 spiro atoms. The Labute approximate surface area is 133 Å². The van der Waals surface area contributed by atoms with Crippen LogP contribution in [0.15, 0.2) is 0 Å². The summed E-state index contributed by atoms with van der Waals surface area (Å²) in [5.74, 6) is 0.353. The third-order valence-electron chi connectivity index (χ3n) is 5.64. The molecule has 5 heteroatoms. The Morgan fingerprint density at radius 2 is 1.82 bits per heavy atom. The summed E-state index contributed by atoms with van der Waals surface area (Å²) in [6, 6.07) is 3.08. The van der Waals surface area contributed by atoms with E-state index >= 15 is 0 Å². The molecule has 1 N–H and O–H groups in total. The van der Waals surface area contributed by atoms with E-state index < -0.39 is 5.54 Å². The van der Waals surface area contributed by atoms with Gasteiger partial charge in [-0.15, -0.1) is 0 Å². The number of piperazine rings is 1. The first-order valence-electron chi connectivity index (χ1n) is 8.79. The predicted molar refractivity (Wildman–Crippen MR) is 85.2 cm³/mol. The lowest BCUT2D eigenvalue weighted by atomic mass is 9.98. The molecule has 1 heterocycles. The van der Waals surface area contributed by atoms with Gasteiger partial charge in [0.15, 0.2) is 0 Å². The summed E-state index contributed by atoms with van der Waals surface area (Å²) in [6.45, 7) is 6.39. The molecule has 1 saturated heterocycles. The Hall–Kier alpha value is -1.12. The zero-order chi connectivity index (χ0) is 15.6. The van der Waals surface area contributed by atoms with E-state index in [1.165, 1.54) is 25.7 Å². The van der Waals surface area contributed by atoms with E-state index in [1.807, 2.05) is 6.92 Å². The molecular formula is C17H28N4O. The SMILES string of the molecule is CC(C#N)(NC(=O)CN1CCN(C2CCCC2)CC1)C1CC1. The van der Waals surface area contributed by atoms with Gasteiger partial charge in [0.2, 0.25) is 5.91 Å². The van der Waals surface area contributed by atoms with E-state index in [9.17, 15) is 10.1 Å². The van der Waals surface area contributed by atoms with Crippen LogP contribution in [0.1, 0.15) is 45.4 Å². The second kappa shape index (κ2) is 6.55. The number of nitriles is 1.